The van der Waals surface area contributed by atoms with Crippen LogP contribution in [-0.2, 0) is 0 Å². The third-order valence-corrected chi connectivity index (χ3v) is 4.61. The molecule has 4 rings (SSSR count). The van der Waals surface area contributed by atoms with Gasteiger partial charge in [-0.3, -0.25) is 0 Å². The van der Waals surface area contributed by atoms with E-state index in [1.807, 2.05) is 18.2 Å². The summed E-state index contributed by atoms with van der Waals surface area (Å²) >= 11 is 6.05. The third kappa shape index (κ3) is 1.19. The number of pyridine rings is 1. The minimum atomic E-state index is 0.676. The summed E-state index contributed by atoms with van der Waals surface area (Å²) in [6, 6.07) is 5.91. The van der Waals surface area contributed by atoms with E-state index in [0.717, 1.165) is 21.6 Å². The highest BCUT2D eigenvalue weighted by Gasteiger charge is 2.43. The van der Waals surface area contributed by atoms with Crippen molar-refractivity contribution in [1.82, 2.24) is 0 Å². The lowest BCUT2D eigenvalue weighted by atomic mass is 9.93. The van der Waals surface area contributed by atoms with E-state index in [4.69, 9.17) is 17.3 Å². The highest BCUT2D eigenvalue weighted by Crippen LogP contribution is 2.54. The van der Waals surface area contributed by atoms with Gasteiger partial charge >= 0.3 is 0 Å². The van der Waals surface area contributed by atoms with Crippen molar-refractivity contribution in [2.75, 3.05) is 5.73 Å². The minimum absolute atomic E-state index is 0.676. The number of nitrogens with one attached hydrogen (secondary N) is 1. The van der Waals surface area contributed by atoms with Gasteiger partial charge in [0.1, 0.15) is 0 Å². The van der Waals surface area contributed by atoms with E-state index in [-0.39, 0.29) is 0 Å². The molecular weight excluding hydrogens is 232 g/mol. The van der Waals surface area contributed by atoms with Crippen molar-refractivity contribution in [3.8, 4) is 0 Å². The van der Waals surface area contributed by atoms with Gasteiger partial charge in [0.25, 0.3) is 0 Å². The number of nitrogen functional groups attached to an aromatic ring is 1. The van der Waals surface area contributed by atoms with Crippen LogP contribution in [0.15, 0.2) is 18.2 Å². The van der Waals surface area contributed by atoms with Crippen molar-refractivity contribution in [3.05, 3.63) is 34.5 Å². The molecular formula is C14H14ClN2+. The molecule has 1 heterocycles. The number of halogens is 1. The van der Waals surface area contributed by atoms with Crippen molar-refractivity contribution >= 4 is 28.2 Å². The van der Waals surface area contributed by atoms with Crippen molar-refractivity contribution in [2.45, 2.75) is 31.1 Å². The zero-order valence-electron chi connectivity index (χ0n) is 9.46. The first-order valence-electron chi connectivity index (χ1n) is 6.18. The first-order valence-corrected chi connectivity index (χ1v) is 6.55. The molecule has 2 aliphatic rings. The SMILES string of the molecule is Nc1c2c([nH+]c3ccc(Cl)cc13)C1CCC2C1. The molecule has 2 aromatic rings. The van der Waals surface area contributed by atoms with Gasteiger partial charge in [-0.2, -0.15) is 0 Å². The average molecular weight is 246 g/mol. The van der Waals surface area contributed by atoms with Gasteiger partial charge < -0.3 is 5.73 Å². The van der Waals surface area contributed by atoms with Crippen molar-refractivity contribution in [2.24, 2.45) is 0 Å². The molecule has 3 heteroatoms. The second-order valence-electron chi connectivity index (χ2n) is 5.26. The van der Waals surface area contributed by atoms with Crippen LogP contribution < -0.4 is 10.7 Å². The van der Waals surface area contributed by atoms with Gasteiger partial charge in [0.15, 0.2) is 5.69 Å². The van der Waals surface area contributed by atoms with E-state index < -0.39 is 0 Å². The Hall–Kier alpha value is -1.28. The number of aromatic amines is 1. The maximum Gasteiger partial charge on any atom is 0.213 e. The molecule has 86 valence electrons. The van der Waals surface area contributed by atoms with Gasteiger partial charge in [-0.25, -0.2) is 4.98 Å². The topological polar surface area (TPSA) is 40.2 Å². The van der Waals surface area contributed by atoms with Crippen LogP contribution in [-0.4, -0.2) is 0 Å². The second kappa shape index (κ2) is 3.14. The highest BCUT2D eigenvalue weighted by atomic mass is 35.5. The van der Waals surface area contributed by atoms with E-state index >= 15 is 0 Å². The third-order valence-electron chi connectivity index (χ3n) is 4.37. The van der Waals surface area contributed by atoms with Gasteiger partial charge in [-0.05, 0) is 37.3 Å². The number of benzene rings is 1. The Morgan fingerprint density at radius 1 is 1.24 bits per heavy atom. The van der Waals surface area contributed by atoms with Crippen LogP contribution >= 0.6 is 11.6 Å². The Kier molecular flexibility index (Phi) is 1.79. The second-order valence-corrected chi connectivity index (χ2v) is 5.70. The van der Waals surface area contributed by atoms with Crippen molar-refractivity contribution in [1.29, 1.82) is 0 Å². The summed E-state index contributed by atoms with van der Waals surface area (Å²) in [5.74, 6) is 1.38. The van der Waals surface area contributed by atoms with Crippen LogP contribution in [0.5, 0.6) is 0 Å². The molecule has 2 nitrogen and oxygen atoms in total. The first-order chi connectivity index (χ1) is 8.24. The summed E-state index contributed by atoms with van der Waals surface area (Å²) in [5.41, 5.74) is 11.2. The van der Waals surface area contributed by atoms with Gasteiger partial charge in [0.05, 0.1) is 11.1 Å². The molecule has 0 saturated heterocycles. The molecule has 2 bridgehead atoms. The van der Waals surface area contributed by atoms with E-state index in [0.29, 0.717) is 11.8 Å². The van der Waals surface area contributed by atoms with Crippen LogP contribution in [0, 0.1) is 0 Å². The number of anilines is 1. The van der Waals surface area contributed by atoms with Crippen LogP contribution in [0.25, 0.3) is 10.9 Å². The number of aromatic nitrogens is 1. The number of nitrogens with two attached hydrogens (primary N) is 1. The number of fused-ring (bicyclic) bond motifs is 6. The summed E-state index contributed by atoms with van der Waals surface area (Å²) in [7, 11) is 0. The zero-order valence-corrected chi connectivity index (χ0v) is 10.2. The van der Waals surface area contributed by atoms with Gasteiger partial charge in [-0.1, -0.05) is 11.6 Å². The smallest absolute Gasteiger partial charge is 0.213 e. The van der Waals surface area contributed by atoms with E-state index in [2.05, 4.69) is 4.98 Å². The molecule has 3 N–H and O–H groups in total. The van der Waals surface area contributed by atoms with Crippen LogP contribution in [0.1, 0.15) is 42.4 Å². The highest BCUT2D eigenvalue weighted by molar-refractivity contribution is 6.31. The monoisotopic (exact) mass is 245 g/mol. The fraction of sp³-hybridized carbons (Fsp3) is 0.357. The van der Waals surface area contributed by atoms with Crippen LogP contribution in [0.2, 0.25) is 5.02 Å². The molecule has 1 aromatic carbocycles. The lowest BCUT2D eigenvalue weighted by Gasteiger charge is -2.13. The molecule has 17 heavy (non-hydrogen) atoms. The molecule has 0 aliphatic heterocycles. The maximum absolute atomic E-state index is 6.35. The summed E-state index contributed by atoms with van der Waals surface area (Å²) in [5, 5.41) is 1.82. The lowest BCUT2D eigenvalue weighted by molar-refractivity contribution is -0.360. The summed E-state index contributed by atoms with van der Waals surface area (Å²) in [6.45, 7) is 0. The average Bonchev–Trinajstić information content (AvgIpc) is 2.91. The summed E-state index contributed by atoms with van der Waals surface area (Å²) in [6.07, 6.45) is 3.88. The fourth-order valence-corrected chi connectivity index (χ4v) is 3.79. The van der Waals surface area contributed by atoms with E-state index in [1.165, 1.54) is 30.5 Å². The predicted molar refractivity (Wildman–Crippen MR) is 69.3 cm³/mol. The Bertz CT molecular complexity index is 636. The Labute approximate surface area is 105 Å². The summed E-state index contributed by atoms with van der Waals surface area (Å²) < 4.78 is 0. The maximum atomic E-state index is 6.35. The standard InChI is InChI=1S/C14H13ClN2/c15-9-3-4-11-10(6-9)13(16)12-7-1-2-8(5-7)14(12)17-11/h3-4,6-8H,1-2,5H2,(H2,16,17)/p+1. The molecule has 1 fully saturated rings. The molecule has 2 atom stereocenters. The normalized spacial score (nSPS) is 25.5. The van der Waals surface area contributed by atoms with E-state index in [9.17, 15) is 0 Å². The van der Waals surface area contributed by atoms with E-state index in [1.54, 1.807) is 0 Å². The van der Waals surface area contributed by atoms with Crippen LogP contribution in [0.3, 0.4) is 0 Å². The minimum Gasteiger partial charge on any atom is -0.398 e. The number of H-pyrrole nitrogens is 1. The molecule has 1 saturated carbocycles. The number of rotatable bonds is 0. The van der Waals surface area contributed by atoms with Crippen molar-refractivity contribution < 1.29 is 4.98 Å². The number of hydrogen-bond donors (Lipinski definition) is 1. The van der Waals surface area contributed by atoms with Crippen molar-refractivity contribution in [3.63, 3.8) is 0 Å². The van der Waals surface area contributed by atoms with Gasteiger partial charge in [0.2, 0.25) is 5.52 Å². The Balaban J connectivity index is 2.10. The molecule has 2 aliphatic carbocycles. The summed E-state index contributed by atoms with van der Waals surface area (Å²) in [4.78, 5) is 3.57. The van der Waals surface area contributed by atoms with Gasteiger partial charge in [0, 0.05) is 22.6 Å². The lowest BCUT2D eigenvalue weighted by Crippen LogP contribution is -2.18. The fourth-order valence-electron chi connectivity index (χ4n) is 3.62. The van der Waals surface area contributed by atoms with Crippen LogP contribution in [0.4, 0.5) is 5.69 Å². The Morgan fingerprint density at radius 2 is 2.06 bits per heavy atom. The number of hydrogen-bond acceptors (Lipinski definition) is 1. The Morgan fingerprint density at radius 3 is 2.94 bits per heavy atom. The largest absolute Gasteiger partial charge is 0.398 e. The quantitative estimate of drug-likeness (QED) is 0.761. The molecule has 0 radical (unpaired) electrons. The molecule has 0 amide bonds. The van der Waals surface area contributed by atoms with Gasteiger partial charge in [-0.15, -0.1) is 0 Å². The first kappa shape index (κ1) is 9.72. The predicted octanol–water partition coefficient (Wildman–Crippen LogP) is 3.25. The molecule has 0 spiro atoms. The zero-order chi connectivity index (χ0) is 11.6. The molecule has 1 aromatic heterocycles. The molecule has 2 unspecified atom stereocenters.